The summed E-state index contributed by atoms with van der Waals surface area (Å²) in [7, 11) is 0. The molecule has 1 unspecified atom stereocenters. The first-order chi connectivity index (χ1) is 7.01. The minimum absolute atomic E-state index is 0.0246. The molecule has 4 heteroatoms. The number of carboxylic acid groups (broad SMARTS) is 1. The van der Waals surface area contributed by atoms with Gasteiger partial charge in [0, 0.05) is 18.7 Å². The highest BCUT2D eigenvalue weighted by Gasteiger charge is 2.07. The van der Waals surface area contributed by atoms with E-state index in [0.29, 0.717) is 18.7 Å². The Kier molecular flexibility index (Phi) is 6.39. The second-order valence-electron chi connectivity index (χ2n) is 3.57. The Morgan fingerprint density at radius 3 is 2.67 bits per heavy atom. The Morgan fingerprint density at radius 1 is 1.67 bits per heavy atom. The summed E-state index contributed by atoms with van der Waals surface area (Å²) in [5.74, 6) is -0.914. The number of nitrogens with zero attached hydrogens (tertiary/aromatic N) is 2. The van der Waals surface area contributed by atoms with Gasteiger partial charge in [0.2, 0.25) is 0 Å². The van der Waals surface area contributed by atoms with Crippen LogP contribution in [0.5, 0.6) is 0 Å². The third kappa shape index (κ3) is 5.87. The van der Waals surface area contributed by atoms with Gasteiger partial charge in [-0.2, -0.15) is 5.26 Å². The van der Waals surface area contributed by atoms with Crippen LogP contribution in [0.2, 0.25) is 0 Å². The monoisotopic (exact) mass is 210 g/mol. The molecule has 0 aromatic rings. The number of aliphatic carboxylic acids is 1. The largest absolute Gasteiger partial charge is 0.478 e. The summed E-state index contributed by atoms with van der Waals surface area (Å²) < 4.78 is 0. The summed E-state index contributed by atoms with van der Waals surface area (Å²) in [5.41, 5.74) is 0.345. The van der Waals surface area contributed by atoms with Crippen molar-refractivity contribution < 1.29 is 9.90 Å². The zero-order chi connectivity index (χ0) is 11.8. The van der Waals surface area contributed by atoms with E-state index in [2.05, 4.69) is 6.07 Å². The molecule has 0 saturated heterocycles. The molecule has 0 aliphatic heterocycles. The molecule has 1 N–H and O–H groups in total. The number of carbonyl (C=O) groups is 1. The Labute approximate surface area is 90.8 Å². The van der Waals surface area contributed by atoms with Gasteiger partial charge in [0.15, 0.2) is 0 Å². The zero-order valence-corrected chi connectivity index (χ0v) is 9.53. The predicted octanol–water partition coefficient (Wildman–Crippen LogP) is 1.50. The average molecular weight is 210 g/mol. The minimum Gasteiger partial charge on any atom is -0.478 e. The van der Waals surface area contributed by atoms with Crippen LogP contribution in [0.3, 0.4) is 0 Å². The van der Waals surface area contributed by atoms with Crippen molar-refractivity contribution in [3.63, 3.8) is 0 Å². The Morgan fingerprint density at radius 2 is 2.27 bits per heavy atom. The molecule has 0 aromatic carbocycles. The molecule has 0 rings (SSSR count). The summed E-state index contributed by atoms with van der Waals surface area (Å²) in [6.07, 6.45) is 1.68. The first-order valence-corrected chi connectivity index (χ1v) is 5.03. The summed E-state index contributed by atoms with van der Waals surface area (Å²) >= 11 is 0. The van der Waals surface area contributed by atoms with Crippen LogP contribution >= 0.6 is 0 Å². The zero-order valence-electron chi connectivity index (χ0n) is 9.53. The molecule has 84 valence electrons. The number of carboxylic acids is 1. The standard InChI is InChI=1S/C11H18N2O2/c1-4-13(8-9(2)7-12)6-5-10(3)11(14)15/h5,9H,4,6,8H2,1-3H3,(H,14,15). The topological polar surface area (TPSA) is 64.3 Å². The number of hydrogen-bond acceptors (Lipinski definition) is 3. The second-order valence-corrected chi connectivity index (χ2v) is 3.57. The van der Waals surface area contributed by atoms with E-state index in [4.69, 9.17) is 10.4 Å². The SMILES string of the molecule is CCN(CC=C(C)C(=O)O)CC(C)C#N. The van der Waals surface area contributed by atoms with Crippen LogP contribution < -0.4 is 0 Å². The lowest BCUT2D eigenvalue weighted by molar-refractivity contribution is -0.132. The van der Waals surface area contributed by atoms with Crippen molar-refractivity contribution in [3.05, 3.63) is 11.6 Å². The van der Waals surface area contributed by atoms with Crippen molar-refractivity contribution in [2.45, 2.75) is 20.8 Å². The third-order valence-electron chi connectivity index (χ3n) is 2.19. The molecule has 0 fully saturated rings. The molecular formula is C11H18N2O2. The van der Waals surface area contributed by atoms with E-state index in [9.17, 15) is 4.79 Å². The van der Waals surface area contributed by atoms with E-state index in [1.54, 1.807) is 13.0 Å². The van der Waals surface area contributed by atoms with Gasteiger partial charge in [-0.1, -0.05) is 13.0 Å². The maximum absolute atomic E-state index is 10.5. The number of nitriles is 1. The van der Waals surface area contributed by atoms with Crippen molar-refractivity contribution in [2.24, 2.45) is 5.92 Å². The normalized spacial score (nSPS) is 13.7. The summed E-state index contributed by atoms with van der Waals surface area (Å²) in [6.45, 7) is 7.50. The minimum atomic E-state index is -0.889. The Balaban J connectivity index is 4.18. The maximum atomic E-state index is 10.5. The van der Waals surface area contributed by atoms with Crippen molar-refractivity contribution in [3.8, 4) is 6.07 Å². The third-order valence-corrected chi connectivity index (χ3v) is 2.19. The van der Waals surface area contributed by atoms with Gasteiger partial charge in [-0.05, 0) is 20.4 Å². The smallest absolute Gasteiger partial charge is 0.330 e. The molecule has 0 heterocycles. The molecule has 0 aliphatic carbocycles. The number of rotatable bonds is 6. The molecule has 0 amide bonds. The molecule has 0 spiro atoms. The predicted molar refractivity (Wildman–Crippen MR) is 58.3 cm³/mol. The molecular weight excluding hydrogens is 192 g/mol. The van der Waals surface area contributed by atoms with Crippen LogP contribution in [0, 0.1) is 17.2 Å². The van der Waals surface area contributed by atoms with Gasteiger partial charge in [0.05, 0.1) is 12.0 Å². The Bertz CT molecular complexity index is 279. The quantitative estimate of drug-likeness (QED) is 0.675. The van der Waals surface area contributed by atoms with E-state index in [1.807, 2.05) is 18.7 Å². The van der Waals surface area contributed by atoms with Gasteiger partial charge in [-0.15, -0.1) is 0 Å². The van der Waals surface area contributed by atoms with Gasteiger partial charge in [0.25, 0.3) is 0 Å². The van der Waals surface area contributed by atoms with E-state index in [-0.39, 0.29) is 5.92 Å². The van der Waals surface area contributed by atoms with E-state index >= 15 is 0 Å². The van der Waals surface area contributed by atoms with Crippen LogP contribution in [0.25, 0.3) is 0 Å². The van der Waals surface area contributed by atoms with Crippen molar-refractivity contribution >= 4 is 5.97 Å². The number of hydrogen-bond donors (Lipinski definition) is 1. The molecule has 0 bridgehead atoms. The van der Waals surface area contributed by atoms with Crippen LogP contribution in [0.4, 0.5) is 0 Å². The summed E-state index contributed by atoms with van der Waals surface area (Å²) in [6, 6.07) is 2.16. The van der Waals surface area contributed by atoms with Gasteiger partial charge < -0.3 is 5.11 Å². The highest BCUT2D eigenvalue weighted by Crippen LogP contribution is 2.00. The molecule has 4 nitrogen and oxygen atoms in total. The highest BCUT2D eigenvalue weighted by molar-refractivity contribution is 5.85. The lowest BCUT2D eigenvalue weighted by atomic mass is 10.2. The fourth-order valence-corrected chi connectivity index (χ4v) is 1.11. The van der Waals surface area contributed by atoms with Crippen LogP contribution in [0.15, 0.2) is 11.6 Å². The lowest BCUT2D eigenvalue weighted by Crippen LogP contribution is -2.28. The van der Waals surface area contributed by atoms with Gasteiger partial charge in [0.1, 0.15) is 0 Å². The summed E-state index contributed by atoms with van der Waals surface area (Å²) in [5, 5.41) is 17.3. The summed E-state index contributed by atoms with van der Waals surface area (Å²) in [4.78, 5) is 12.6. The fourth-order valence-electron chi connectivity index (χ4n) is 1.11. The van der Waals surface area contributed by atoms with Crippen LogP contribution in [-0.2, 0) is 4.79 Å². The lowest BCUT2D eigenvalue weighted by Gasteiger charge is -2.19. The van der Waals surface area contributed by atoms with Crippen LogP contribution in [-0.4, -0.2) is 35.6 Å². The van der Waals surface area contributed by atoms with Gasteiger partial charge in [-0.3, -0.25) is 4.90 Å². The molecule has 1 atom stereocenters. The molecule has 0 aliphatic rings. The first-order valence-electron chi connectivity index (χ1n) is 5.03. The average Bonchev–Trinajstić information content (AvgIpc) is 2.22. The Hall–Kier alpha value is -1.34. The van der Waals surface area contributed by atoms with Crippen LogP contribution in [0.1, 0.15) is 20.8 Å². The van der Waals surface area contributed by atoms with E-state index < -0.39 is 5.97 Å². The molecule has 0 radical (unpaired) electrons. The molecule has 0 saturated carbocycles. The fraction of sp³-hybridized carbons (Fsp3) is 0.636. The van der Waals surface area contributed by atoms with Crippen molar-refractivity contribution in [2.75, 3.05) is 19.6 Å². The number of likely N-dealkylation sites (N-methyl/N-ethyl adjacent to an activating group) is 1. The highest BCUT2D eigenvalue weighted by atomic mass is 16.4. The second kappa shape index (κ2) is 7.02. The van der Waals surface area contributed by atoms with E-state index in [0.717, 1.165) is 6.54 Å². The maximum Gasteiger partial charge on any atom is 0.330 e. The van der Waals surface area contributed by atoms with Crippen molar-refractivity contribution in [1.29, 1.82) is 5.26 Å². The van der Waals surface area contributed by atoms with Gasteiger partial charge in [-0.25, -0.2) is 4.79 Å². The first kappa shape index (κ1) is 13.7. The molecule has 15 heavy (non-hydrogen) atoms. The molecule has 0 aromatic heterocycles. The van der Waals surface area contributed by atoms with Crippen molar-refractivity contribution in [1.82, 2.24) is 4.90 Å². The van der Waals surface area contributed by atoms with E-state index in [1.165, 1.54) is 0 Å². The van der Waals surface area contributed by atoms with Gasteiger partial charge >= 0.3 is 5.97 Å².